The van der Waals surface area contributed by atoms with E-state index < -0.39 is 0 Å². The van der Waals surface area contributed by atoms with Gasteiger partial charge in [-0.1, -0.05) is 46.7 Å². The largest absolute Gasteiger partial charge is 0.486 e. The van der Waals surface area contributed by atoms with Gasteiger partial charge < -0.3 is 18.6 Å². The molecule has 2 aromatic heterocycles. The zero-order valence-corrected chi connectivity index (χ0v) is 24.9. The third kappa shape index (κ3) is 7.16. The second kappa shape index (κ2) is 13.6. The van der Waals surface area contributed by atoms with E-state index in [1.165, 1.54) is 0 Å². The molecule has 0 atom stereocenters. The molecule has 0 amide bonds. The standard InChI is InChI=1S/C26H30Cl2N6O2S2/c1-5-33-23(15-35-19-7-9-21(27)17(3)13-19)29-31-25(33)37-11-12-38-26-32-30-24(34(26)6-2)16-36-20-8-10-22(28)18(4)14-20/h7-10,13-14H,5-6,11-12,15-16H2,1-4H3. The number of aromatic nitrogens is 6. The molecule has 0 N–H and O–H groups in total. The molecule has 0 spiro atoms. The van der Waals surface area contributed by atoms with Crippen LogP contribution < -0.4 is 9.47 Å². The van der Waals surface area contributed by atoms with E-state index in [1.54, 1.807) is 23.5 Å². The summed E-state index contributed by atoms with van der Waals surface area (Å²) >= 11 is 15.6. The molecule has 0 bridgehead atoms. The lowest BCUT2D eigenvalue weighted by Crippen LogP contribution is -2.08. The second-order valence-corrected chi connectivity index (χ2v) is 11.3. The maximum Gasteiger partial charge on any atom is 0.191 e. The van der Waals surface area contributed by atoms with Gasteiger partial charge in [0.15, 0.2) is 22.0 Å². The van der Waals surface area contributed by atoms with Gasteiger partial charge in [0.1, 0.15) is 24.7 Å². The molecular formula is C26H30Cl2N6O2S2. The lowest BCUT2D eigenvalue weighted by molar-refractivity contribution is 0.288. The van der Waals surface area contributed by atoms with Crippen LogP contribution in [0.3, 0.4) is 0 Å². The number of hydrogen-bond acceptors (Lipinski definition) is 8. The molecule has 4 aromatic rings. The highest BCUT2D eigenvalue weighted by Gasteiger charge is 2.15. The summed E-state index contributed by atoms with van der Waals surface area (Å²) in [5.74, 6) is 4.81. The van der Waals surface area contributed by atoms with Gasteiger partial charge >= 0.3 is 0 Å². The normalized spacial score (nSPS) is 11.2. The van der Waals surface area contributed by atoms with Crippen molar-refractivity contribution in [2.24, 2.45) is 0 Å². The first kappa shape index (κ1) is 28.6. The summed E-state index contributed by atoms with van der Waals surface area (Å²) in [5.41, 5.74) is 1.95. The van der Waals surface area contributed by atoms with Crippen LogP contribution in [-0.2, 0) is 26.3 Å². The van der Waals surface area contributed by atoms with Crippen LogP contribution in [0, 0.1) is 13.8 Å². The number of hydrogen-bond donors (Lipinski definition) is 0. The number of benzene rings is 2. The van der Waals surface area contributed by atoms with Crippen molar-refractivity contribution in [1.82, 2.24) is 29.5 Å². The molecule has 38 heavy (non-hydrogen) atoms. The molecule has 0 saturated carbocycles. The Morgan fingerprint density at radius 3 is 1.47 bits per heavy atom. The Hall–Kier alpha value is -2.40. The number of thioether (sulfide) groups is 2. The number of nitrogens with zero attached hydrogens (tertiary/aromatic N) is 6. The molecule has 0 aliphatic rings. The second-order valence-electron chi connectivity index (χ2n) is 8.38. The highest BCUT2D eigenvalue weighted by atomic mass is 35.5. The molecule has 4 rings (SSSR count). The van der Waals surface area contributed by atoms with Crippen LogP contribution in [0.5, 0.6) is 11.5 Å². The number of ether oxygens (including phenoxy) is 2. The van der Waals surface area contributed by atoms with E-state index in [0.717, 1.165) is 79.2 Å². The zero-order valence-electron chi connectivity index (χ0n) is 21.8. The minimum Gasteiger partial charge on any atom is -0.486 e. The summed E-state index contributed by atoms with van der Waals surface area (Å²) in [6.45, 7) is 10.3. The highest BCUT2D eigenvalue weighted by Crippen LogP contribution is 2.25. The van der Waals surface area contributed by atoms with Gasteiger partial charge in [0, 0.05) is 34.6 Å². The molecule has 0 saturated heterocycles. The van der Waals surface area contributed by atoms with Gasteiger partial charge in [-0.05, 0) is 75.2 Å². The van der Waals surface area contributed by atoms with Crippen molar-refractivity contribution < 1.29 is 9.47 Å². The molecule has 2 heterocycles. The molecule has 0 fully saturated rings. The molecule has 8 nitrogen and oxygen atoms in total. The minimum atomic E-state index is 0.345. The van der Waals surface area contributed by atoms with Gasteiger partial charge in [-0.2, -0.15) is 0 Å². The first-order chi connectivity index (χ1) is 18.4. The van der Waals surface area contributed by atoms with Gasteiger partial charge in [0.25, 0.3) is 0 Å². The maximum atomic E-state index is 6.11. The third-order valence-corrected chi connectivity index (χ3v) is 8.80. The number of halogens is 2. The van der Waals surface area contributed by atoms with E-state index >= 15 is 0 Å². The van der Waals surface area contributed by atoms with Gasteiger partial charge in [0.2, 0.25) is 0 Å². The highest BCUT2D eigenvalue weighted by molar-refractivity contribution is 8.02. The Morgan fingerprint density at radius 2 is 1.11 bits per heavy atom. The van der Waals surface area contributed by atoms with Crippen molar-refractivity contribution in [3.63, 3.8) is 0 Å². The van der Waals surface area contributed by atoms with Gasteiger partial charge in [-0.25, -0.2) is 0 Å². The quantitative estimate of drug-likeness (QED) is 0.123. The fraction of sp³-hybridized carbons (Fsp3) is 0.385. The number of aryl methyl sites for hydroxylation is 2. The summed E-state index contributed by atoms with van der Waals surface area (Å²) in [4.78, 5) is 0. The molecule has 202 valence electrons. The van der Waals surface area contributed by atoms with E-state index in [4.69, 9.17) is 32.7 Å². The predicted octanol–water partition coefficient (Wildman–Crippen LogP) is 6.88. The number of rotatable bonds is 13. The van der Waals surface area contributed by atoms with Crippen molar-refractivity contribution in [3.8, 4) is 11.5 Å². The van der Waals surface area contributed by atoms with Crippen LogP contribution in [0.4, 0.5) is 0 Å². The lowest BCUT2D eigenvalue weighted by Gasteiger charge is -2.10. The lowest BCUT2D eigenvalue weighted by atomic mass is 10.2. The average molecular weight is 594 g/mol. The molecule has 0 unspecified atom stereocenters. The van der Waals surface area contributed by atoms with Crippen LogP contribution >= 0.6 is 46.7 Å². The van der Waals surface area contributed by atoms with Crippen LogP contribution in [0.1, 0.15) is 36.6 Å². The fourth-order valence-electron chi connectivity index (χ4n) is 3.68. The van der Waals surface area contributed by atoms with Crippen molar-refractivity contribution in [3.05, 3.63) is 69.2 Å². The Bertz CT molecular complexity index is 1270. The zero-order chi connectivity index (χ0) is 27.1. The summed E-state index contributed by atoms with van der Waals surface area (Å²) in [6.07, 6.45) is 0. The van der Waals surface area contributed by atoms with Gasteiger partial charge in [-0.3, -0.25) is 0 Å². The minimum absolute atomic E-state index is 0.345. The Labute approximate surface area is 241 Å². The SMILES string of the molecule is CCn1c(COc2ccc(Cl)c(C)c2)nnc1SCCSc1nnc(COc2ccc(Cl)c(C)c2)n1CC. The molecule has 0 aliphatic carbocycles. The summed E-state index contributed by atoms with van der Waals surface area (Å²) < 4.78 is 16.0. The fourth-order valence-corrected chi connectivity index (χ4v) is 5.92. The van der Waals surface area contributed by atoms with Crippen molar-refractivity contribution in [1.29, 1.82) is 0 Å². The van der Waals surface area contributed by atoms with Crippen molar-refractivity contribution in [2.45, 2.75) is 64.3 Å². The van der Waals surface area contributed by atoms with Gasteiger partial charge in [-0.15, -0.1) is 20.4 Å². The van der Waals surface area contributed by atoms with Crippen molar-refractivity contribution >= 4 is 46.7 Å². The topological polar surface area (TPSA) is 79.9 Å². The maximum absolute atomic E-state index is 6.11. The van der Waals surface area contributed by atoms with E-state index in [2.05, 4.69) is 43.4 Å². The molecule has 2 aromatic carbocycles. The summed E-state index contributed by atoms with van der Waals surface area (Å²) in [5, 5.41) is 20.7. The van der Waals surface area contributed by atoms with Crippen molar-refractivity contribution in [2.75, 3.05) is 11.5 Å². The summed E-state index contributed by atoms with van der Waals surface area (Å²) in [7, 11) is 0. The molecule has 0 radical (unpaired) electrons. The van der Waals surface area contributed by atoms with E-state index in [0.29, 0.717) is 13.2 Å². The third-order valence-electron chi connectivity index (χ3n) is 5.76. The van der Waals surface area contributed by atoms with E-state index in [9.17, 15) is 0 Å². The summed E-state index contributed by atoms with van der Waals surface area (Å²) in [6, 6.07) is 11.2. The smallest absolute Gasteiger partial charge is 0.191 e. The average Bonchev–Trinajstić information content (AvgIpc) is 3.50. The Morgan fingerprint density at radius 1 is 0.684 bits per heavy atom. The van der Waals surface area contributed by atoms with Crippen LogP contribution in [0.25, 0.3) is 0 Å². The molecule has 12 heteroatoms. The van der Waals surface area contributed by atoms with Crippen LogP contribution in [0.15, 0.2) is 46.7 Å². The van der Waals surface area contributed by atoms with Crippen LogP contribution in [-0.4, -0.2) is 41.0 Å². The van der Waals surface area contributed by atoms with E-state index in [-0.39, 0.29) is 0 Å². The van der Waals surface area contributed by atoms with Gasteiger partial charge in [0.05, 0.1) is 0 Å². The Kier molecular flexibility index (Phi) is 10.2. The van der Waals surface area contributed by atoms with Crippen LogP contribution in [0.2, 0.25) is 10.0 Å². The van der Waals surface area contributed by atoms with E-state index in [1.807, 2.05) is 50.2 Å². The molecule has 0 aliphatic heterocycles. The first-order valence-electron chi connectivity index (χ1n) is 12.3. The Balaban J connectivity index is 1.28. The first-order valence-corrected chi connectivity index (χ1v) is 15.0. The monoisotopic (exact) mass is 592 g/mol. The predicted molar refractivity (Wildman–Crippen MR) is 154 cm³/mol. The molecular weight excluding hydrogens is 563 g/mol.